The molecular weight excluding hydrogens is 849 g/mol. The lowest BCUT2D eigenvalue weighted by Crippen LogP contribution is -2.33. The molecular formula is C44H64O10S5. The molecule has 1 aliphatic heterocycles. The smallest absolute Gasteiger partial charge is 0.228 e. The van der Waals surface area contributed by atoms with E-state index in [0.717, 1.165) is 85.4 Å². The monoisotopic (exact) mass is 914 g/mol. The van der Waals surface area contributed by atoms with Gasteiger partial charge < -0.3 is 9.29 Å². The third-order valence-corrected chi connectivity index (χ3v) is 15.4. The minimum absolute atomic E-state index is 0.177. The van der Waals surface area contributed by atoms with Gasteiger partial charge in [0.1, 0.15) is 11.4 Å². The SMILES string of the molecule is Cc1c(C)c(S(C)(=O)=O)c(C)c2c1OC(C)(C)CC2.Cc1cc(C)c(S(C)(=O)=O)c(C)c1.Cc1cc(C)c(S(C)(=O)=O)c(C)c1C.Cc1ccc(S(C)(=O)=O)cc1.[3H]OS. The first kappa shape index (κ1) is 51.9. The summed E-state index contributed by atoms with van der Waals surface area (Å²) in [6, 6.07) is 12.5. The molecule has 0 spiro atoms. The van der Waals surface area contributed by atoms with Crippen LogP contribution in [0.1, 0.15) is 87.0 Å². The standard InChI is InChI=1S/C15H22O3S.C11H16O2S.C10H14O2S.C8H10O2S.H2OS/c1-9-10(2)14(19(6,16)17)11(3)12-7-8-15(4,5)18-13(9)12;1-7-6-8(2)11(14(5,12)13)10(4)9(7)3;1-7-5-8(2)10(9(3)6-7)13(4,11)12;1-7-3-5-8(6-4-7)11(2,9)10;1-2/h7-8H2,1-6H3;6H,1-5H3;5-6H,1-4H3;3-6H,1-2H3;1-2H/i/hT. The van der Waals surface area contributed by atoms with E-state index < -0.39 is 39.3 Å². The van der Waals surface area contributed by atoms with Gasteiger partial charge in [-0.3, -0.25) is 0 Å². The van der Waals surface area contributed by atoms with Crippen LogP contribution in [0.25, 0.3) is 1.43 Å². The third kappa shape index (κ3) is 14.7. The van der Waals surface area contributed by atoms with Crippen LogP contribution in [-0.2, 0) is 45.8 Å². The molecule has 10 nitrogen and oxygen atoms in total. The maximum Gasteiger partial charge on any atom is 0.228 e. The predicted octanol–water partition coefficient (Wildman–Crippen LogP) is 9.25. The molecule has 4 aromatic carbocycles. The summed E-state index contributed by atoms with van der Waals surface area (Å²) >= 11 is 2.96. The van der Waals surface area contributed by atoms with Gasteiger partial charge in [-0.15, -0.1) is 0 Å². The average molecular weight is 915 g/mol. The van der Waals surface area contributed by atoms with Gasteiger partial charge in [0.15, 0.2) is 39.3 Å². The van der Waals surface area contributed by atoms with Gasteiger partial charge in [-0.25, -0.2) is 33.7 Å². The summed E-state index contributed by atoms with van der Waals surface area (Å²) in [4.78, 5) is 1.81. The van der Waals surface area contributed by atoms with Crippen molar-refractivity contribution in [3.8, 4) is 5.75 Å². The van der Waals surface area contributed by atoms with Crippen molar-refractivity contribution in [1.29, 1.82) is 1.43 Å². The normalized spacial score (nSPS) is 13.6. The Morgan fingerprint density at radius 3 is 1.36 bits per heavy atom. The van der Waals surface area contributed by atoms with Gasteiger partial charge in [0, 0.05) is 25.0 Å². The van der Waals surface area contributed by atoms with Crippen molar-refractivity contribution in [2.24, 2.45) is 0 Å². The Labute approximate surface area is 362 Å². The van der Waals surface area contributed by atoms with Gasteiger partial charge in [-0.1, -0.05) is 41.5 Å². The van der Waals surface area contributed by atoms with E-state index >= 15 is 0 Å². The molecule has 1 aliphatic rings. The molecule has 0 saturated carbocycles. The minimum atomic E-state index is -3.20. The number of benzene rings is 4. The van der Waals surface area contributed by atoms with Crippen molar-refractivity contribution < 1.29 is 43.0 Å². The molecule has 0 fully saturated rings. The van der Waals surface area contributed by atoms with E-state index in [-0.39, 0.29) is 5.60 Å². The molecule has 0 saturated heterocycles. The second-order valence-electron chi connectivity index (χ2n) is 16.1. The molecule has 4 aromatic rings. The molecule has 0 aromatic heterocycles. The summed E-state index contributed by atoms with van der Waals surface area (Å²) in [6.07, 6.45) is 6.78. The zero-order valence-corrected chi connectivity index (χ0v) is 41.8. The van der Waals surface area contributed by atoms with Crippen LogP contribution in [0.3, 0.4) is 0 Å². The van der Waals surface area contributed by atoms with E-state index in [1.807, 2.05) is 94.4 Å². The molecule has 0 bridgehead atoms. The van der Waals surface area contributed by atoms with E-state index in [1.54, 1.807) is 24.3 Å². The third-order valence-electron chi connectivity index (χ3n) is 10.1. The summed E-state index contributed by atoms with van der Waals surface area (Å²) in [6.45, 7) is 25.1. The lowest BCUT2D eigenvalue weighted by Gasteiger charge is -2.35. The van der Waals surface area contributed by atoms with Crippen molar-refractivity contribution in [1.82, 2.24) is 0 Å². The highest BCUT2D eigenvalue weighted by Gasteiger charge is 2.32. The van der Waals surface area contributed by atoms with Gasteiger partial charge >= 0.3 is 0 Å². The number of hydrogen-bond acceptors (Lipinski definition) is 11. The molecule has 0 amide bonds. The number of aryl methyl sites for hydroxylation is 6. The van der Waals surface area contributed by atoms with Gasteiger partial charge in [0.05, 0.1) is 19.6 Å². The largest absolute Gasteiger partial charge is 0.487 e. The van der Waals surface area contributed by atoms with Crippen LogP contribution < -0.4 is 4.74 Å². The summed E-state index contributed by atoms with van der Waals surface area (Å²) < 4.78 is 107. The average Bonchev–Trinajstić information content (AvgIpc) is 3.04. The fourth-order valence-electron chi connectivity index (χ4n) is 7.27. The lowest BCUT2D eigenvalue weighted by molar-refractivity contribution is 0.0832. The Hall–Kier alpha value is -3.21. The van der Waals surface area contributed by atoms with Crippen LogP contribution >= 0.6 is 12.9 Å². The van der Waals surface area contributed by atoms with Crippen LogP contribution in [0.2, 0.25) is 0 Å². The van der Waals surface area contributed by atoms with Crippen molar-refractivity contribution >= 4 is 52.3 Å². The van der Waals surface area contributed by atoms with Crippen molar-refractivity contribution in [2.45, 2.75) is 128 Å². The molecule has 0 radical (unpaired) electrons. The van der Waals surface area contributed by atoms with Crippen LogP contribution in [0, 0.1) is 76.2 Å². The van der Waals surface area contributed by atoms with Crippen LogP contribution in [0.15, 0.2) is 62.0 Å². The summed E-state index contributed by atoms with van der Waals surface area (Å²) in [5, 5.41) is 0. The van der Waals surface area contributed by atoms with E-state index in [9.17, 15) is 33.7 Å². The summed E-state index contributed by atoms with van der Waals surface area (Å²) in [5.41, 5.74) is 11.3. The van der Waals surface area contributed by atoms with Gasteiger partial charge in [-0.05, 0) is 184 Å². The molecule has 0 unspecified atom stereocenters. The Kier molecular flexibility index (Phi) is 18.1. The number of rotatable bonds is 4. The molecule has 59 heavy (non-hydrogen) atoms. The van der Waals surface area contributed by atoms with Crippen molar-refractivity contribution in [3.63, 3.8) is 0 Å². The van der Waals surface area contributed by atoms with E-state index in [0.29, 0.717) is 19.6 Å². The molecule has 1 heterocycles. The Bertz CT molecular complexity index is 2610. The zero-order valence-electron chi connectivity index (χ0n) is 38.6. The van der Waals surface area contributed by atoms with Gasteiger partial charge in [0.2, 0.25) is 1.43 Å². The molecule has 15 heteroatoms. The van der Waals surface area contributed by atoms with Crippen LogP contribution in [0.4, 0.5) is 0 Å². The fraction of sp³-hybridized carbons (Fsp3) is 0.455. The Morgan fingerprint density at radius 1 is 0.542 bits per heavy atom. The summed E-state index contributed by atoms with van der Waals surface area (Å²) in [7, 11) is -12.4. The Balaban J connectivity index is 0.000000398. The minimum Gasteiger partial charge on any atom is -0.487 e. The second kappa shape index (κ2) is 20.6. The quantitative estimate of drug-likeness (QED) is 0.149. The highest BCUT2D eigenvalue weighted by Crippen LogP contribution is 2.42. The first-order valence-electron chi connectivity index (χ1n) is 19.0. The van der Waals surface area contributed by atoms with E-state index in [4.69, 9.17) is 6.17 Å². The highest BCUT2D eigenvalue weighted by molar-refractivity contribution is 7.91. The van der Waals surface area contributed by atoms with Crippen molar-refractivity contribution in [2.75, 3.05) is 25.0 Å². The van der Waals surface area contributed by atoms with Crippen LogP contribution in [-0.4, -0.2) is 68.9 Å². The van der Waals surface area contributed by atoms with Gasteiger partial charge in [0.25, 0.3) is 0 Å². The maximum absolute atomic E-state index is 12.0. The highest BCUT2D eigenvalue weighted by atomic mass is 32.2. The number of ether oxygens (including phenoxy) is 1. The zero-order chi connectivity index (χ0) is 47.1. The second-order valence-corrected chi connectivity index (χ2v) is 24.0. The predicted molar refractivity (Wildman–Crippen MR) is 245 cm³/mol. The lowest BCUT2D eigenvalue weighted by atomic mass is 9.88. The number of sulfone groups is 4. The maximum atomic E-state index is 12.0. The molecule has 0 aliphatic carbocycles. The molecule has 330 valence electrons. The van der Waals surface area contributed by atoms with Crippen LogP contribution in [0.5, 0.6) is 5.75 Å². The summed E-state index contributed by atoms with van der Waals surface area (Å²) in [5.74, 6) is 0.888. The number of hydrogen-bond donors (Lipinski definition) is 2. The Morgan fingerprint density at radius 2 is 0.949 bits per heavy atom. The fourth-order valence-corrected chi connectivity index (χ4v) is 11.9. The first-order valence-corrected chi connectivity index (χ1v) is 26.6. The molecule has 1 N–H and O–H groups in total. The van der Waals surface area contributed by atoms with Crippen molar-refractivity contribution in [3.05, 3.63) is 109 Å². The first-order chi connectivity index (χ1) is 27.0. The molecule has 5 rings (SSSR count). The van der Waals surface area contributed by atoms with E-state index in [2.05, 4.69) is 31.3 Å². The number of fused-ring (bicyclic) bond motifs is 1. The number of thiol groups is 1. The van der Waals surface area contributed by atoms with E-state index in [1.165, 1.54) is 25.0 Å². The topological polar surface area (TPSA) is 166 Å². The molecule has 0 atom stereocenters. The van der Waals surface area contributed by atoms with Gasteiger partial charge in [-0.2, -0.15) is 0 Å².